The molecule has 0 saturated heterocycles. The first-order chi connectivity index (χ1) is 9.26. The van der Waals surface area contributed by atoms with Crippen LogP contribution in [-0.4, -0.2) is 23.9 Å². The van der Waals surface area contributed by atoms with Gasteiger partial charge in [0.1, 0.15) is 0 Å². The first-order valence-electron chi connectivity index (χ1n) is 8.54. The Balaban J connectivity index is 3.96. The van der Waals surface area contributed by atoms with Crippen LogP contribution in [0.2, 0.25) is 0 Å². The van der Waals surface area contributed by atoms with E-state index >= 15 is 0 Å². The van der Waals surface area contributed by atoms with Crippen molar-refractivity contribution >= 4 is 5.91 Å². The van der Waals surface area contributed by atoms with E-state index in [0.29, 0.717) is 5.91 Å². The van der Waals surface area contributed by atoms with Gasteiger partial charge in [-0.2, -0.15) is 0 Å². The molecule has 0 saturated carbocycles. The van der Waals surface area contributed by atoms with E-state index < -0.39 is 0 Å². The third kappa shape index (κ3) is 11.0. The lowest BCUT2D eigenvalue weighted by atomic mass is 10.1. The summed E-state index contributed by atoms with van der Waals surface area (Å²) in [6.07, 6.45) is 12.9. The molecule has 0 heterocycles. The molecule has 0 aromatic rings. The summed E-state index contributed by atoms with van der Waals surface area (Å²) >= 11 is 0. The summed E-state index contributed by atoms with van der Waals surface area (Å²) in [6, 6.07) is 0. The predicted molar refractivity (Wildman–Crippen MR) is 84.4 cm³/mol. The summed E-state index contributed by atoms with van der Waals surface area (Å²) in [5.41, 5.74) is 0. The van der Waals surface area contributed by atoms with Crippen LogP contribution >= 0.6 is 0 Å². The minimum absolute atomic E-state index is 0.390. The van der Waals surface area contributed by atoms with Gasteiger partial charge in [0.15, 0.2) is 0 Å². The van der Waals surface area contributed by atoms with Crippen molar-refractivity contribution in [3.05, 3.63) is 0 Å². The Morgan fingerprint density at radius 2 is 1.16 bits per heavy atom. The fourth-order valence-corrected chi connectivity index (χ4v) is 2.33. The van der Waals surface area contributed by atoms with Crippen LogP contribution in [0.3, 0.4) is 0 Å². The quantitative estimate of drug-likeness (QED) is 0.423. The SMILES string of the molecule is CCCCCCN(CCCCC)C(=O)CCCCC. The van der Waals surface area contributed by atoms with Crippen LogP contribution in [0.25, 0.3) is 0 Å². The van der Waals surface area contributed by atoms with Crippen LogP contribution in [-0.2, 0) is 4.79 Å². The zero-order chi connectivity index (χ0) is 14.3. The maximum atomic E-state index is 12.2. The van der Waals surface area contributed by atoms with Crippen molar-refractivity contribution in [1.29, 1.82) is 0 Å². The Morgan fingerprint density at radius 1 is 0.684 bits per heavy atom. The minimum Gasteiger partial charge on any atom is -0.343 e. The first kappa shape index (κ1) is 18.5. The molecule has 2 heteroatoms. The van der Waals surface area contributed by atoms with Crippen LogP contribution in [0.15, 0.2) is 0 Å². The van der Waals surface area contributed by atoms with E-state index in [1.165, 1.54) is 57.8 Å². The Bertz CT molecular complexity index is 203. The Morgan fingerprint density at radius 3 is 1.74 bits per heavy atom. The van der Waals surface area contributed by atoms with Crippen molar-refractivity contribution in [2.75, 3.05) is 13.1 Å². The second kappa shape index (κ2) is 13.9. The molecule has 0 radical (unpaired) electrons. The van der Waals surface area contributed by atoms with Gasteiger partial charge in [0, 0.05) is 19.5 Å². The van der Waals surface area contributed by atoms with Gasteiger partial charge in [0.2, 0.25) is 5.91 Å². The van der Waals surface area contributed by atoms with Crippen molar-refractivity contribution in [2.45, 2.75) is 91.4 Å². The minimum atomic E-state index is 0.390. The van der Waals surface area contributed by atoms with Crippen LogP contribution in [0.5, 0.6) is 0 Å². The van der Waals surface area contributed by atoms with Gasteiger partial charge in [-0.15, -0.1) is 0 Å². The summed E-state index contributed by atoms with van der Waals surface area (Å²) in [5, 5.41) is 0. The third-order valence-electron chi connectivity index (χ3n) is 3.66. The van der Waals surface area contributed by atoms with Crippen LogP contribution in [0, 0.1) is 0 Å². The molecular formula is C17H35NO. The smallest absolute Gasteiger partial charge is 0.222 e. The van der Waals surface area contributed by atoms with Gasteiger partial charge in [0.05, 0.1) is 0 Å². The number of carbonyl (C=O) groups is 1. The number of carbonyl (C=O) groups excluding carboxylic acids is 1. The fourth-order valence-electron chi connectivity index (χ4n) is 2.33. The van der Waals surface area contributed by atoms with Crippen molar-refractivity contribution in [1.82, 2.24) is 4.90 Å². The number of rotatable bonds is 13. The molecule has 0 aliphatic heterocycles. The van der Waals surface area contributed by atoms with E-state index in [4.69, 9.17) is 0 Å². The van der Waals surface area contributed by atoms with E-state index in [1.54, 1.807) is 0 Å². The molecule has 0 bridgehead atoms. The highest BCUT2D eigenvalue weighted by atomic mass is 16.2. The van der Waals surface area contributed by atoms with Crippen LogP contribution < -0.4 is 0 Å². The molecule has 0 aromatic carbocycles. The summed E-state index contributed by atoms with van der Waals surface area (Å²) in [5.74, 6) is 0.390. The standard InChI is InChI=1S/C17H35NO/c1-4-7-10-13-16-18(15-12-9-6-3)17(19)14-11-8-5-2/h4-16H2,1-3H3. The van der Waals surface area contributed by atoms with Crippen molar-refractivity contribution in [3.63, 3.8) is 0 Å². The zero-order valence-corrected chi connectivity index (χ0v) is 13.5. The van der Waals surface area contributed by atoms with E-state index in [-0.39, 0.29) is 0 Å². The topological polar surface area (TPSA) is 20.3 Å². The molecule has 0 aliphatic rings. The van der Waals surface area contributed by atoms with Crippen LogP contribution in [0.1, 0.15) is 91.4 Å². The number of hydrogen-bond donors (Lipinski definition) is 0. The Labute approximate surface area is 120 Å². The number of nitrogens with zero attached hydrogens (tertiary/aromatic N) is 1. The average molecular weight is 269 g/mol. The number of amides is 1. The number of unbranched alkanes of at least 4 members (excludes halogenated alkanes) is 7. The summed E-state index contributed by atoms with van der Waals surface area (Å²) < 4.78 is 0. The van der Waals surface area contributed by atoms with Gasteiger partial charge in [-0.05, 0) is 19.3 Å². The lowest BCUT2D eigenvalue weighted by Crippen LogP contribution is -2.32. The highest BCUT2D eigenvalue weighted by molar-refractivity contribution is 5.76. The molecule has 0 rings (SSSR count). The normalized spacial score (nSPS) is 10.7. The summed E-state index contributed by atoms with van der Waals surface area (Å²) in [7, 11) is 0. The molecule has 0 N–H and O–H groups in total. The molecule has 0 aliphatic carbocycles. The fraction of sp³-hybridized carbons (Fsp3) is 0.941. The molecule has 2 nitrogen and oxygen atoms in total. The molecule has 1 amide bonds. The lowest BCUT2D eigenvalue weighted by molar-refractivity contribution is -0.131. The summed E-state index contributed by atoms with van der Waals surface area (Å²) in [4.78, 5) is 14.3. The maximum absolute atomic E-state index is 12.2. The molecule has 0 aromatic heterocycles. The third-order valence-corrected chi connectivity index (χ3v) is 3.66. The van der Waals surface area contributed by atoms with Gasteiger partial charge in [0.25, 0.3) is 0 Å². The van der Waals surface area contributed by atoms with Gasteiger partial charge in [-0.25, -0.2) is 0 Å². The van der Waals surface area contributed by atoms with Crippen molar-refractivity contribution < 1.29 is 4.79 Å². The second-order valence-electron chi connectivity index (χ2n) is 5.61. The van der Waals surface area contributed by atoms with E-state index in [9.17, 15) is 4.79 Å². The monoisotopic (exact) mass is 269 g/mol. The molecule has 0 fully saturated rings. The van der Waals surface area contributed by atoms with E-state index in [2.05, 4.69) is 25.7 Å². The molecule has 19 heavy (non-hydrogen) atoms. The summed E-state index contributed by atoms with van der Waals surface area (Å²) in [6.45, 7) is 8.59. The maximum Gasteiger partial charge on any atom is 0.222 e. The first-order valence-corrected chi connectivity index (χ1v) is 8.54. The zero-order valence-electron chi connectivity index (χ0n) is 13.5. The number of hydrogen-bond acceptors (Lipinski definition) is 1. The van der Waals surface area contributed by atoms with E-state index in [1.807, 2.05) is 0 Å². The largest absolute Gasteiger partial charge is 0.343 e. The molecule has 0 atom stereocenters. The average Bonchev–Trinajstić information content (AvgIpc) is 2.41. The molecule has 0 unspecified atom stereocenters. The molecule has 0 spiro atoms. The van der Waals surface area contributed by atoms with Crippen molar-refractivity contribution in [3.8, 4) is 0 Å². The van der Waals surface area contributed by atoms with Gasteiger partial charge in [-0.3, -0.25) is 4.79 Å². The van der Waals surface area contributed by atoms with Gasteiger partial charge >= 0.3 is 0 Å². The second-order valence-corrected chi connectivity index (χ2v) is 5.61. The van der Waals surface area contributed by atoms with E-state index in [0.717, 1.165) is 25.9 Å². The van der Waals surface area contributed by atoms with Gasteiger partial charge < -0.3 is 4.90 Å². The predicted octanol–water partition coefficient (Wildman–Crippen LogP) is 5.17. The van der Waals surface area contributed by atoms with Gasteiger partial charge in [-0.1, -0.05) is 65.7 Å². The highest BCUT2D eigenvalue weighted by Gasteiger charge is 2.11. The highest BCUT2D eigenvalue weighted by Crippen LogP contribution is 2.08. The molecular weight excluding hydrogens is 234 g/mol. The Kier molecular flexibility index (Phi) is 13.5. The van der Waals surface area contributed by atoms with Crippen molar-refractivity contribution in [2.24, 2.45) is 0 Å². The lowest BCUT2D eigenvalue weighted by Gasteiger charge is -2.23. The Hall–Kier alpha value is -0.530. The molecule has 114 valence electrons. The van der Waals surface area contributed by atoms with Crippen LogP contribution in [0.4, 0.5) is 0 Å².